The van der Waals surface area contributed by atoms with E-state index in [0.29, 0.717) is 5.92 Å². The van der Waals surface area contributed by atoms with Crippen molar-refractivity contribution in [2.45, 2.75) is 52.5 Å². The van der Waals surface area contributed by atoms with Crippen LogP contribution in [-0.4, -0.2) is 17.1 Å². The molecule has 0 aliphatic carbocycles. The molecule has 1 unspecified atom stereocenters. The Labute approximate surface area is 86.7 Å². The largest absolute Gasteiger partial charge is 0.481 e. The first-order valence-electron chi connectivity index (χ1n) is 5.47. The van der Waals surface area contributed by atoms with Gasteiger partial charge in [-0.05, 0) is 12.3 Å². The van der Waals surface area contributed by atoms with Crippen LogP contribution in [0.5, 0.6) is 0 Å². The smallest absolute Gasteiger partial charge is 0.307 e. The quantitative estimate of drug-likeness (QED) is 0.664. The summed E-state index contributed by atoms with van der Waals surface area (Å²) in [5.41, 5.74) is 5.81. The molecule has 3 N–H and O–H groups in total. The highest BCUT2D eigenvalue weighted by atomic mass is 16.4. The molecule has 0 aromatic rings. The number of unbranched alkanes of at least 4 members (excludes halogenated alkanes) is 1. The standard InChI is InChI=1S/C11H23NO2/c1-4-5-6-8(2)7-10(12)9(3)11(13)14/h8-10H,4-7,12H2,1-3H3,(H,13,14)/t8-,9?,10+/m1/s1. The van der Waals surface area contributed by atoms with Crippen LogP contribution in [0.15, 0.2) is 0 Å². The summed E-state index contributed by atoms with van der Waals surface area (Å²) >= 11 is 0. The van der Waals surface area contributed by atoms with Gasteiger partial charge in [0.25, 0.3) is 0 Å². The summed E-state index contributed by atoms with van der Waals surface area (Å²) in [5, 5.41) is 8.76. The Kier molecular flexibility index (Phi) is 6.54. The Balaban J connectivity index is 3.80. The highest BCUT2D eigenvalue weighted by Gasteiger charge is 2.21. The van der Waals surface area contributed by atoms with Gasteiger partial charge in [0.2, 0.25) is 0 Å². The predicted molar refractivity (Wildman–Crippen MR) is 58.1 cm³/mol. The van der Waals surface area contributed by atoms with Crippen LogP contribution >= 0.6 is 0 Å². The fourth-order valence-electron chi connectivity index (χ4n) is 1.52. The molecule has 0 aromatic carbocycles. The third-order valence-electron chi connectivity index (χ3n) is 2.76. The molecule has 0 bridgehead atoms. The fraction of sp³-hybridized carbons (Fsp3) is 0.909. The summed E-state index contributed by atoms with van der Waals surface area (Å²) in [6, 6.07) is -0.209. The van der Waals surface area contributed by atoms with Crippen LogP contribution in [0, 0.1) is 11.8 Å². The van der Waals surface area contributed by atoms with Crippen molar-refractivity contribution in [2.75, 3.05) is 0 Å². The number of nitrogens with two attached hydrogens (primary N) is 1. The molecule has 0 aliphatic rings. The third-order valence-corrected chi connectivity index (χ3v) is 2.76. The van der Waals surface area contributed by atoms with Crippen LogP contribution in [-0.2, 0) is 4.79 Å². The highest BCUT2D eigenvalue weighted by molar-refractivity contribution is 5.70. The minimum absolute atomic E-state index is 0.209. The van der Waals surface area contributed by atoms with Gasteiger partial charge >= 0.3 is 5.97 Å². The van der Waals surface area contributed by atoms with E-state index in [4.69, 9.17) is 10.8 Å². The van der Waals surface area contributed by atoms with E-state index in [-0.39, 0.29) is 6.04 Å². The number of carboxylic acid groups (broad SMARTS) is 1. The number of carbonyl (C=O) groups is 1. The molecule has 0 aliphatic heterocycles. The lowest BCUT2D eigenvalue weighted by molar-refractivity contribution is -0.141. The summed E-state index contributed by atoms with van der Waals surface area (Å²) in [6.45, 7) is 5.98. The summed E-state index contributed by atoms with van der Waals surface area (Å²) in [7, 11) is 0. The zero-order chi connectivity index (χ0) is 11.1. The molecule has 0 amide bonds. The van der Waals surface area contributed by atoms with E-state index in [0.717, 1.165) is 12.8 Å². The van der Waals surface area contributed by atoms with Crippen molar-refractivity contribution in [3.05, 3.63) is 0 Å². The number of carboxylic acids is 1. The van der Waals surface area contributed by atoms with Gasteiger partial charge in [0.15, 0.2) is 0 Å². The van der Waals surface area contributed by atoms with Crippen molar-refractivity contribution in [3.8, 4) is 0 Å². The highest BCUT2D eigenvalue weighted by Crippen LogP contribution is 2.17. The van der Waals surface area contributed by atoms with Gasteiger partial charge in [0.05, 0.1) is 5.92 Å². The zero-order valence-electron chi connectivity index (χ0n) is 9.49. The molecule has 3 heteroatoms. The van der Waals surface area contributed by atoms with Gasteiger partial charge in [0.1, 0.15) is 0 Å². The lowest BCUT2D eigenvalue weighted by Gasteiger charge is -2.20. The molecule has 0 saturated carbocycles. The van der Waals surface area contributed by atoms with E-state index in [1.54, 1.807) is 6.92 Å². The second-order valence-corrected chi connectivity index (χ2v) is 4.27. The lowest BCUT2D eigenvalue weighted by atomic mass is 9.90. The second kappa shape index (κ2) is 6.82. The Morgan fingerprint density at radius 2 is 2.00 bits per heavy atom. The first-order chi connectivity index (χ1) is 6.49. The summed E-state index contributed by atoms with van der Waals surface area (Å²) < 4.78 is 0. The van der Waals surface area contributed by atoms with Crippen LogP contribution in [0.4, 0.5) is 0 Å². The number of hydrogen-bond acceptors (Lipinski definition) is 2. The fourth-order valence-corrected chi connectivity index (χ4v) is 1.52. The molecular formula is C11H23NO2. The van der Waals surface area contributed by atoms with Crippen LogP contribution in [0.1, 0.15) is 46.5 Å². The summed E-state index contributed by atoms with van der Waals surface area (Å²) in [4.78, 5) is 10.7. The summed E-state index contributed by atoms with van der Waals surface area (Å²) in [6.07, 6.45) is 4.35. The monoisotopic (exact) mass is 201 g/mol. The van der Waals surface area contributed by atoms with Crippen molar-refractivity contribution in [1.82, 2.24) is 0 Å². The van der Waals surface area contributed by atoms with E-state index < -0.39 is 11.9 Å². The van der Waals surface area contributed by atoms with Gasteiger partial charge < -0.3 is 10.8 Å². The van der Waals surface area contributed by atoms with Crippen molar-refractivity contribution >= 4 is 5.97 Å². The van der Waals surface area contributed by atoms with E-state index >= 15 is 0 Å². The normalized spacial score (nSPS) is 17.4. The first-order valence-corrected chi connectivity index (χ1v) is 5.47. The van der Waals surface area contributed by atoms with Crippen LogP contribution < -0.4 is 5.73 Å². The topological polar surface area (TPSA) is 63.3 Å². The molecule has 3 nitrogen and oxygen atoms in total. The molecule has 14 heavy (non-hydrogen) atoms. The van der Waals surface area contributed by atoms with Gasteiger partial charge in [-0.25, -0.2) is 0 Å². The van der Waals surface area contributed by atoms with E-state index in [2.05, 4.69) is 13.8 Å². The van der Waals surface area contributed by atoms with Gasteiger partial charge in [-0.1, -0.05) is 40.0 Å². The number of rotatable bonds is 7. The zero-order valence-corrected chi connectivity index (χ0v) is 9.49. The molecular weight excluding hydrogens is 178 g/mol. The van der Waals surface area contributed by atoms with E-state index in [1.807, 2.05) is 0 Å². The Morgan fingerprint density at radius 1 is 1.43 bits per heavy atom. The third kappa shape index (κ3) is 5.22. The molecule has 0 aromatic heterocycles. The van der Waals surface area contributed by atoms with Crippen molar-refractivity contribution in [3.63, 3.8) is 0 Å². The molecule has 0 saturated heterocycles. The molecule has 3 atom stereocenters. The van der Waals surface area contributed by atoms with Gasteiger partial charge in [-0.2, -0.15) is 0 Å². The number of hydrogen-bond donors (Lipinski definition) is 2. The Bertz CT molecular complexity index is 171. The number of aliphatic carboxylic acids is 1. The molecule has 0 rings (SSSR count). The van der Waals surface area contributed by atoms with Gasteiger partial charge in [-0.3, -0.25) is 4.79 Å². The minimum atomic E-state index is -0.791. The first kappa shape index (κ1) is 13.4. The second-order valence-electron chi connectivity index (χ2n) is 4.27. The van der Waals surface area contributed by atoms with E-state index in [9.17, 15) is 4.79 Å². The Morgan fingerprint density at radius 3 is 2.43 bits per heavy atom. The Hall–Kier alpha value is -0.570. The molecule has 0 heterocycles. The molecule has 0 radical (unpaired) electrons. The van der Waals surface area contributed by atoms with Crippen molar-refractivity contribution in [2.24, 2.45) is 17.6 Å². The maximum atomic E-state index is 10.7. The minimum Gasteiger partial charge on any atom is -0.481 e. The summed E-state index contributed by atoms with van der Waals surface area (Å²) in [5.74, 6) is -0.689. The average molecular weight is 201 g/mol. The van der Waals surface area contributed by atoms with Crippen LogP contribution in [0.3, 0.4) is 0 Å². The lowest BCUT2D eigenvalue weighted by Crippen LogP contribution is -2.34. The van der Waals surface area contributed by atoms with Crippen LogP contribution in [0.2, 0.25) is 0 Å². The maximum absolute atomic E-state index is 10.7. The average Bonchev–Trinajstić information content (AvgIpc) is 2.13. The van der Waals surface area contributed by atoms with Crippen molar-refractivity contribution in [1.29, 1.82) is 0 Å². The van der Waals surface area contributed by atoms with Crippen molar-refractivity contribution < 1.29 is 9.90 Å². The SMILES string of the molecule is CCCC[C@@H](C)C[C@H](N)C(C)C(=O)O. The maximum Gasteiger partial charge on any atom is 0.307 e. The molecule has 0 fully saturated rings. The van der Waals surface area contributed by atoms with Crippen LogP contribution in [0.25, 0.3) is 0 Å². The molecule has 0 spiro atoms. The van der Waals surface area contributed by atoms with Gasteiger partial charge in [0, 0.05) is 6.04 Å². The molecule has 84 valence electrons. The predicted octanol–water partition coefficient (Wildman–Crippen LogP) is 2.25. The van der Waals surface area contributed by atoms with E-state index in [1.165, 1.54) is 12.8 Å². The van der Waals surface area contributed by atoms with Gasteiger partial charge in [-0.15, -0.1) is 0 Å².